The zero-order chi connectivity index (χ0) is 7.11. The van der Waals surface area contributed by atoms with Crippen LogP contribution in [-0.2, 0) is 0 Å². The number of H-pyrrole nitrogens is 1. The molecule has 2 nitrogen and oxygen atoms in total. The van der Waals surface area contributed by atoms with Gasteiger partial charge in [-0.25, -0.2) is 0 Å². The van der Waals surface area contributed by atoms with Crippen LogP contribution in [0.3, 0.4) is 0 Å². The van der Waals surface area contributed by atoms with Crippen molar-refractivity contribution in [3.63, 3.8) is 0 Å². The highest BCUT2D eigenvalue weighted by Crippen LogP contribution is 1.85. The second-order valence-electron chi connectivity index (χ2n) is 1.24. The number of hydrogen-bond acceptors (Lipinski definition) is 1. The minimum absolute atomic E-state index is 0.625. The quantitative estimate of drug-likeness (QED) is 0.571. The van der Waals surface area contributed by atoms with Crippen molar-refractivity contribution in [3.8, 4) is 0 Å². The minimum Gasteiger partial charge on any atom is -0.359 e. The summed E-state index contributed by atoms with van der Waals surface area (Å²) in [6, 6.07) is 3.50. The highest BCUT2D eigenvalue weighted by atomic mass is 16.1. The van der Waals surface area contributed by atoms with Crippen LogP contribution in [0.15, 0.2) is 18.3 Å². The lowest BCUT2D eigenvalue weighted by Crippen LogP contribution is -1.72. The molecule has 50 valence electrons. The van der Waals surface area contributed by atoms with Crippen LogP contribution in [-0.4, -0.2) is 11.3 Å². The lowest BCUT2D eigenvalue weighted by atomic mass is 10.5. The Balaban J connectivity index is 0.000000291. The van der Waals surface area contributed by atoms with Gasteiger partial charge < -0.3 is 4.98 Å². The molecule has 0 aliphatic heterocycles. The van der Waals surface area contributed by atoms with Gasteiger partial charge in [0.05, 0.1) is 5.69 Å². The summed E-state index contributed by atoms with van der Waals surface area (Å²) >= 11 is 0. The molecule has 2 heteroatoms. The Morgan fingerprint density at radius 3 is 2.44 bits per heavy atom. The summed E-state index contributed by atoms with van der Waals surface area (Å²) in [7, 11) is 0. The lowest BCUT2D eigenvalue weighted by Gasteiger charge is -1.70. The molecule has 1 aromatic heterocycles. The molecule has 0 amide bonds. The molecular formula is C7H11NO. The fourth-order valence-electron chi connectivity index (χ4n) is 0.418. The van der Waals surface area contributed by atoms with Gasteiger partial charge in [0.15, 0.2) is 6.29 Å². The highest BCUT2D eigenvalue weighted by Gasteiger charge is 1.81. The van der Waals surface area contributed by atoms with E-state index in [4.69, 9.17) is 0 Å². The first kappa shape index (κ1) is 7.95. The van der Waals surface area contributed by atoms with Gasteiger partial charge in [0.2, 0.25) is 0 Å². The Hall–Kier alpha value is -1.05. The first-order valence-corrected chi connectivity index (χ1v) is 3.02. The van der Waals surface area contributed by atoms with Crippen LogP contribution in [0.2, 0.25) is 0 Å². The van der Waals surface area contributed by atoms with Gasteiger partial charge in [0, 0.05) is 6.20 Å². The first-order valence-electron chi connectivity index (χ1n) is 3.02. The van der Waals surface area contributed by atoms with E-state index in [1.807, 2.05) is 13.8 Å². The molecule has 1 heterocycles. The molecule has 1 aromatic rings. The summed E-state index contributed by atoms with van der Waals surface area (Å²) in [5, 5.41) is 0. The third-order valence-electron chi connectivity index (χ3n) is 0.749. The minimum atomic E-state index is 0.625. The largest absolute Gasteiger partial charge is 0.359 e. The van der Waals surface area contributed by atoms with Gasteiger partial charge in [-0.15, -0.1) is 0 Å². The Morgan fingerprint density at radius 1 is 1.56 bits per heavy atom. The number of carbonyl (C=O) groups is 1. The number of aromatic amines is 1. The van der Waals surface area contributed by atoms with E-state index < -0.39 is 0 Å². The van der Waals surface area contributed by atoms with Crippen LogP contribution in [0.4, 0.5) is 0 Å². The second-order valence-corrected chi connectivity index (χ2v) is 1.24. The Labute approximate surface area is 54.9 Å². The zero-order valence-corrected chi connectivity index (χ0v) is 5.72. The van der Waals surface area contributed by atoms with E-state index in [0.717, 1.165) is 6.29 Å². The Morgan fingerprint density at radius 2 is 2.22 bits per heavy atom. The van der Waals surface area contributed by atoms with Crippen LogP contribution >= 0.6 is 0 Å². The standard InChI is InChI=1S/C5H5NO.C2H6/c7-4-5-2-1-3-6-5;1-2/h1-4,6H;1-2H3. The smallest absolute Gasteiger partial charge is 0.166 e. The molecule has 0 saturated carbocycles. The topological polar surface area (TPSA) is 32.9 Å². The van der Waals surface area contributed by atoms with E-state index in [9.17, 15) is 4.79 Å². The van der Waals surface area contributed by atoms with Crippen molar-refractivity contribution in [1.29, 1.82) is 0 Å². The van der Waals surface area contributed by atoms with E-state index in [2.05, 4.69) is 4.98 Å². The summed E-state index contributed by atoms with van der Waals surface area (Å²) in [5.74, 6) is 0. The summed E-state index contributed by atoms with van der Waals surface area (Å²) in [6.45, 7) is 4.00. The van der Waals surface area contributed by atoms with E-state index in [-0.39, 0.29) is 0 Å². The molecule has 1 rings (SSSR count). The van der Waals surface area contributed by atoms with Crippen molar-refractivity contribution in [2.45, 2.75) is 13.8 Å². The summed E-state index contributed by atoms with van der Waals surface area (Å²) in [6.07, 6.45) is 2.49. The number of nitrogens with one attached hydrogen (secondary N) is 1. The van der Waals surface area contributed by atoms with Crippen molar-refractivity contribution in [1.82, 2.24) is 4.98 Å². The number of rotatable bonds is 1. The van der Waals surface area contributed by atoms with Gasteiger partial charge in [-0.2, -0.15) is 0 Å². The van der Waals surface area contributed by atoms with Gasteiger partial charge >= 0.3 is 0 Å². The summed E-state index contributed by atoms with van der Waals surface area (Å²) in [5.41, 5.74) is 0.625. The Kier molecular flexibility index (Phi) is 4.50. The van der Waals surface area contributed by atoms with Crippen LogP contribution in [0.5, 0.6) is 0 Å². The van der Waals surface area contributed by atoms with E-state index in [1.54, 1.807) is 18.3 Å². The molecule has 0 aliphatic carbocycles. The van der Waals surface area contributed by atoms with Crippen molar-refractivity contribution >= 4 is 6.29 Å². The van der Waals surface area contributed by atoms with Gasteiger partial charge in [-0.05, 0) is 12.1 Å². The molecule has 0 atom stereocenters. The number of hydrogen-bond donors (Lipinski definition) is 1. The maximum Gasteiger partial charge on any atom is 0.166 e. The predicted octanol–water partition coefficient (Wildman–Crippen LogP) is 1.85. The Bertz CT molecular complexity index is 144. The number of carbonyl (C=O) groups excluding carboxylic acids is 1. The molecular weight excluding hydrogens is 114 g/mol. The van der Waals surface area contributed by atoms with Gasteiger partial charge in [-0.1, -0.05) is 13.8 Å². The molecule has 1 N–H and O–H groups in total. The first-order chi connectivity index (χ1) is 4.43. The molecule has 0 radical (unpaired) electrons. The van der Waals surface area contributed by atoms with Crippen LogP contribution in [0.25, 0.3) is 0 Å². The molecule has 0 spiro atoms. The lowest BCUT2D eigenvalue weighted by molar-refractivity contribution is 0.111. The molecule has 0 unspecified atom stereocenters. The summed E-state index contributed by atoms with van der Waals surface area (Å²) in [4.78, 5) is 12.6. The van der Waals surface area contributed by atoms with Gasteiger partial charge in [0.25, 0.3) is 0 Å². The third kappa shape index (κ3) is 2.69. The maximum absolute atomic E-state index is 9.84. The maximum atomic E-state index is 9.84. The number of aldehydes is 1. The van der Waals surface area contributed by atoms with Crippen molar-refractivity contribution in [3.05, 3.63) is 24.0 Å². The average molecular weight is 125 g/mol. The van der Waals surface area contributed by atoms with Gasteiger partial charge in [0.1, 0.15) is 0 Å². The SMILES string of the molecule is CC.O=Cc1ccc[nH]1. The molecule has 0 saturated heterocycles. The average Bonchev–Trinajstić information content (AvgIpc) is 2.43. The molecule has 0 fully saturated rings. The van der Waals surface area contributed by atoms with Crippen molar-refractivity contribution in [2.75, 3.05) is 0 Å². The molecule has 0 bridgehead atoms. The predicted molar refractivity (Wildman–Crippen MR) is 37.5 cm³/mol. The monoisotopic (exact) mass is 125 g/mol. The second kappa shape index (κ2) is 5.09. The zero-order valence-electron chi connectivity index (χ0n) is 5.72. The van der Waals surface area contributed by atoms with Crippen LogP contribution in [0.1, 0.15) is 24.3 Å². The van der Waals surface area contributed by atoms with Crippen LogP contribution in [0, 0.1) is 0 Å². The number of aromatic nitrogens is 1. The highest BCUT2D eigenvalue weighted by molar-refractivity contribution is 5.71. The fraction of sp³-hybridized carbons (Fsp3) is 0.286. The molecule has 9 heavy (non-hydrogen) atoms. The summed E-state index contributed by atoms with van der Waals surface area (Å²) < 4.78 is 0. The van der Waals surface area contributed by atoms with Crippen molar-refractivity contribution < 1.29 is 4.79 Å². The normalized spacial score (nSPS) is 7.33. The molecule has 0 aromatic carbocycles. The van der Waals surface area contributed by atoms with E-state index >= 15 is 0 Å². The third-order valence-corrected chi connectivity index (χ3v) is 0.749. The van der Waals surface area contributed by atoms with Crippen LogP contribution < -0.4 is 0 Å². The van der Waals surface area contributed by atoms with Gasteiger partial charge in [-0.3, -0.25) is 4.79 Å². The molecule has 0 aliphatic rings. The van der Waals surface area contributed by atoms with Crippen molar-refractivity contribution in [2.24, 2.45) is 0 Å². The van der Waals surface area contributed by atoms with E-state index in [1.165, 1.54) is 0 Å². The fourth-order valence-corrected chi connectivity index (χ4v) is 0.418. The van der Waals surface area contributed by atoms with E-state index in [0.29, 0.717) is 5.69 Å².